The van der Waals surface area contributed by atoms with Crippen LogP contribution in [0.3, 0.4) is 0 Å². The Hall–Kier alpha value is -3.64. The maximum absolute atomic E-state index is 12.4. The van der Waals surface area contributed by atoms with Gasteiger partial charge < -0.3 is 20.3 Å². The lowest BCUT2D eigenvalue weighted by Gasteiger charge is -2.28. The predicted octanol–water partition coefficient (Wildman–Crippen LogP) is 6.83. The summed E-state index contributed by atoms with van der Waals surface area (Å²) in [5.41, 5.74) is 7.34. The highest BCUT2D eigenvalue weighted by Crippen LogP contribution is 2.37. The largest absolute Gasteiger partial charge is 0.486 e. The van der Waals surface area contributed by atoms with Gasteiger partial charge in [0, 0.05) is 5.56 Å². The molecular weight excluding hydrogens is 490 g/mol. The normalized spacial score (nSPS) is 13.2. The number of aryl methyl sites for hydroxylation is 2. The Balaban J connectivity index is 1.83. The molecule has 0 aliphatic heterocycles. The highest BCUT2D eigenvalue weighted by atomic mass is 16.5. The maximum atomic E-state index is 12.4. The number of benzene rings is 3. The molecule has 3 aromatic carbocycles. The first kappa shape index (κ1) is 29.9. The first-order valence-electron chi connectivity index (χ1n) is 13.4. The van der Waals surface area contributed by atoms with Crippen LogP contribution in [-0.2, 0) is 4.79 Å². The summed E-state index contributed by atoms with van der Waals surface area (Å²) in [6.45, 7) is 14.8. The van der Waals surface area contributed by atoms with Crippen LogP contribution in [0.15, 0.2) is 60.7 Å². The molecular formula is C33H41NO5. The van der Waals surface area contributed by atoms with Crippen LogP contribution in [-0.4, -0.2) is 34.7 Å². The second-order valence-corrected chi connectivity index (χ2v) is 11.8. The molecule has 3 rings (SSSR count). The molecule has 0 bridgehead atoms. The van der Waals surface area contributed by atoms with Crippen LogP contribution < -0.4 is 10.1 Å². The molecule has 0 spiro atoms. The third-order valence-corrected chi connectivity index (χ3v) is 6.73. The van der Waals surface area contributed by atoms with Gasteiger partial charge in [0.25, 0.3) is 5.91 Å². The van der Waals surface area contributed by atoms with Crippen LogP contribution in [0.5, 0.6) is 5.75 Å². The van der Waals surface area contributed by atoms with Crippen molar-refractivity contribution >= 4 is 11.9 Å². The highest BCUT2D eigenvalue weighted by molar-refractivity contribution is 5.94. The number of amides is 1. The third-order valence-electron chi connectivity index (χ3n) is 6.73. The number of aliphatic hydroxyl groups is 1. The van der Waals surface area contributed by atoms with E-state index in [0.717, 1.165) is 28.9 Å². The van der Waals surface area contributed by atoms with Gasteiger partial charge in [-0.2, -0.15) is 0 Å². The number of ether oxygens (including phenoxy) is 1. The summed E-state index contributed by atoms with van der Waals surface area (Å²) in [7, 11) is 0. The number of carbonyl (C=O) groups is 2. The molecule has 0 saturated carbocycles. The smallest absolute Gasteiger partial charge is 0.334 e. The SMILES string of the molecule is Cc1cc(OC(CC(C)(C)C)c2ccc(C(=O)NC[C@@H](O)C(=O)O)cc2)cc(C)c1-c1ccc(C(C)C)cc1. The summed E-state index contributed by atoms with van der Waals surface area (Å²) in [5.74, 6) is -0.537. The summed E-state index contributed by atoms with van der Waals surface area (Å²) in [4.78, 5) is 23.2. The number of hydrogen-bond donors (Lipinski definition) is 3. The molecule has 6 heteroatoms. The molecule has 0 aliphatic rings. The van der Waals surface area contributed by atoms with E-state index in [4.69, 9.17) is 9.84 Å². The standard InChI is InChI=1S/C33H41NO5/c1-20(2)23-8-12-25(13-9-23)30-21(3)16-27(17-22(30)4)39-29(18-33(5,6)7)24-10-14-26(15-11-24)31(36)34-19-28(35)32(37)38/h8-17,20,28-29,35H,18-19H2,1-7H3,(H,34,36)(H,37,38)/t28-,29?/m1/s1. The fourth-order valence-electron chi connectivity index (χ4n) is 4.66. The Morgan fingerprint density at radius 3 is 1.92 bits per heavy atom. The quantitative estimate of drug-likeness (QED) is 0.267. The van der Waals surface area contributed by atoms with Crippen molar-refractivity contribution < 1.29 is 24.5 Å². The predicted molar refractivity (Wildman–Crippen MR) is 155 cm³/mol. The number of rotatable bonds is 10. The van der Waals surface area contributed by atoms with Gasteiger partial charge in [-0.05, 0) is 89.2 Å². The molecule has 0 aromatic heterocycles. The van der Waals surface area contributed by atoms with E-state index < -0.39 is 18.0 Å². The molecule has 6 nitrogen and oxygen atoms in total. The van der Waals surface area contributed by atoms with Gasteiger partial charge in [0.1, 0.15) is 11.9 Å². The summed E-state index contributed by atoms with van der Waals surface area (Å²) in [6, 6.07) is 20.1. The minimum atomic E-state index is -1.64. The molecule has 1 unspecified atom stereocenters. The average Bonchev–Trinajstić information content (AvgIpc) is 2.85. The summed E-state index contributed by atoms with van der Waals surface area (Å²) in [5, 5.41) is 20.7. The van der Waals surface area contributed by atoms with Crippen molar-refractivity contribution in [2.75, 3.05) is 6.54 Å². The number of nitrogens with one attached hydrogen (secondary N) is 1. The first-order valence-corrected chi connectivity index (χ1v) is 13.4. The van der Waals surface area contributed by atoms with Crippen LogP contribution in [0, 0.1) is 19.3 Å². The van der Waals surface area contributed by atoms with Crippen molar-refractivity contribution in [1.29, 1.82) is 0 Å². The lowest BCUT2D eigenvalue weighted by molar-refractivity contribution is -0.146. The van der Waals surface area contributed by atoms with Gasteiger partial charge in [-0.1, -0.05) is 71.0 Å². The van der Waals surface area contributed by atoms with Gasteiger partial charge in [-0.25, -0.2) is 4.79 Å². The first-order chi connectivity index (χ1) is 18.2. The number of carboxylic acid groups (broad SMARTS) is 1. The molecule has 0 saturated heterocycles. The average molecular weight is 532 g/mol. The molecule has 0 fully saturated rings. The van der Waals surface area contributed by atoms with E-state index >= 15 is 0 Å². The molecule has 0 aliphatic carbocycles. The lowest BCUT2D eigenvalue weighted by atomic mass is 9.86. The van der Waals surface area contributed by atoms with E-state index in [1.54, 1.807) is 12.1 Å². The fraction of sp³-hybridized carbons (Fsp3) is 0.394. The van der Waals surface area contributed by atoms with Crippen molar-refractivity contribution in [3.05, 3.63) is 88.5 Å². The highest BCUT2D eigenvalue weighted by Gasteiger charge is 2.23. The fourth-order valence-corrected chi connectivity index (χ4v) is 4.66. The second-order valence-electron chi connectivity index (χ2n) is 11.8. The van der Waals surface area contributed by atoms with E-state index in [2.05, 4.69) is 90.2 Å². The van der Waals surface area contributed by atoms with Gasteiger partial charge in [0.2, 0.25) is 0 Å². The number of hydrogen-bond acceptors (Lipinski definition) is 4. The Kier molecular flexibility index (Phi) is 9.57. The molecule has 1 amide bonds. The van der Waals surface area contributed by atoms with Gasteiger partial charge in [0.15, 0.2) is 6.10 Å². The number of aliphatic carboxylic acids is 1. The van der Waals surface area contributed by atoms with Crippen LogP contribution in [0.2, 0.25) is 0 Å². The van der Waals surface area contributed by atoms with E-state index in [1.165, 1.54) is 16.7 Å². The molecule has 2 atom stereocenters. The zero-order valence-corrected chi connectivity index (χ0v) is 24.0. The number of carbonyl (C=O) groups excluding carboxylic acids is 1. The van der Waals surface area contributed by atoms with Crippen molar-refractivity contribution in [3.63, 3.8) is 0 Å². The van der Waals surface area contributed by atoms with Crippen LogP contribution >= 0.6 is 0 Å². The maximum Gasteiger partial charge on any atom is 0.334 e. The molecule has 39 heavy (non-hydrogen) atoms. The Bertz CT molecular complexity index is 1260. The van der Waals surface area contributed by atoms with Crippen LogP contribution in [0.1, 0.15) is 85.7 Å². The van der Waals surface area contributed by atoms with Gasteiger partial charge in [-0.15, -0.1) is 0 Å². The Labute approximate surface area is 232 Å². The Morgan fingerprint density at radius 2 is 1.44 bits per heavy atom. The molecule has 0 heterocycles. The summed E-state index contributed by atoms with van der Waals surface area (Å²) < 4.78 is 6.59. The van der Waals surface area contributed by atoms with Gasteiger partial charge >= 0.3 is 5.97 Å². The summed E-state index contributed by atoms with van der Waals surface area (Å²) in [6.07, 6.45) is -1.11. The third kappa shape index (κ3) is 8.17. The van der Waals surface area contributed by atoms with E-state index in [1.807, 2.05) is 12.1 Å². The van der Waals surface area contributed by atoms with Gasteiger partial charge in [-0.3, -0.25) is 4.79 Å². The van der Waals surface area contributed by atoms with E-state index in [-0.39, 0.29) is 18.1 Å². The van der Waals surface area contributed by atoms with Crippen molar-refractivity contribution in [2.24, 2.45) is 5.41 Å². The topological polar surface area (TPSA) is 95.9 Å². The monoisotopic (exact) mass is 531 g/mol. The Morgan fingerprint density at radius 1 is 0.897 bits per heavy atom. The minimum Gasteiger partial charge on any atom is -0.486 e. The van der Waals surface area contributed by atoms with Crippen molar-refractivity contribution in [2.45, 2.75) is 73.0 Å². The molecule has 3 N–H and O–H groups in total. The number of aliphatic hydroxyl groups excluding tert-OH is 1. The minimum absolute atomic E-state index is 0.00409. The lowest BCUT2D eigenvalue weighted by Crippen LogP contribution is -2.36. The van der Waals surface area contributed by atoms with Gasteiger partial charge in [0.05, 0.1) is 6.54 Å². The second kappa shape index (κ2) is 12.5. The number of carboxylic acids is 1. The molecule has 208 valence electrons. The molecule has 3 aromatic rings. The van der Waals surface area contributed by atoms with Crippen LogP contribution in [0.25, 0.3) is 11.1 Å². The van der Waals surface area contributed by atoms with Crippen LogP contribution in [0.4, 0.5) is 0 Å². The zero-order valence-electron chi connectivity index (χ0n) is 24.0. The van der Waals surface area contributed by atoms with E-state index in [0.29, 0.717) is 11.5 Å². The molecule has 0 radical (unpaired) electrons. The van der Waals surface area contributed by atoms with E-state index in [9.17, 15) is 14.7 Å². The zero-order chi connectivity index (χ0) is 28.9. The van der Waals surface area contributed by atoms with Crippen molar-refractivity contribution in [3.8, 4) is 16.9 Å². The summed E-state index contributed by atoms with van der Waals surface area (Å²) >= 11 is 0. The van der Waals surface area contributed by atoms with Crippen molar-refractivity contribution in [1.82, 2.24) is 5.32 Å².